The Labute approximate surface area is 144 Å². The highest BCUT2D eigenvalue weighted by Crippen LogP contribution is 2.29. The van der Waals surface area contributed by atoms with Crippen molar-refractivity contribution in [2.24, 2.45) is 4.99 Å². The summed E-state index contributed by atoms with van der Waals surface area (Å²) in [5.74, 6) is 1.29. The van der Waals surface area contributed by atoms with Gasteiger partial charge < -0.3 is 5.73 Å². The van der Waals surface area contributed by atoms with Gasteiger partial charge in [-0.05, 0) is 31.2 Å². The first-order valence-corrected chi connectivity index (χ1v) is 7.31. The number of hydrogen-bond acceptors (Lipinski definition) is 4. The predicted octanol–water partition coefficient (Wildman–Crippen LogP) is 3.16. The summed E-state index contributed by atoms with van der Waals surface area (Å²) in [5.41, 5.74) is 8.30. The lowest BCUT2D eigenvalue weighted by atomic mass is 9.99. The third-order valence-electron chi connectivity index (χ3n) is 3.67. The third-order valence-corrected chi connectivity index (χ3v) is 3.95. The molecule has 114 valence electrons. The zero-order valence-corrected chi connectivity index (χ0v) is 12.9. The monoisotopic (exact) mass is 327 g/mol. The van der Waals surface area contributed by atoms with Crippen LogP contribution in [0.25, 0.3) is 5.69 Å². The molecular weight excluding hydrogens is 310 g/mol. The van der Waals surface area contributed by atoms with E-state index >= 15 is 0 Å². The van der Waals surface area contributed by atoms with Crippen molar-refractivity contribution < 1.29 is 5.48 Å². The Bertz CT molecular complexity index is 1110. The van der Waals surface area contributed by atoms with Crippen molar-refractivity contribution in [2.75, 3.05) is 5.73 Å². The number of benzene rings is 2. The Morgan fingerprint density at radius 1 is 1.22 bits per heavy atom. The first-order chi connectivity index (χ1) is 12.8. The molecule has 4 rings (SSSR count). The second kappa shape index (κ2) is 5.21. The molecule has 23 heavy (non-hydrogen) atoms. The number of anilines is 1. The number of aryl methyl sites for hydroxylation is 1. The zero-order valence-electron chi connectivity index (χ0n) is 16.2. The van der Waals surface area contributed by atoms with Crippen molar-refractivity contribution >= 4 is 23.0 Å². The van der Waals surface area contributed by atoms with Gasteiger partial charge in [-0.1, -0.05) is 29.7 Å². The average molecular weight is 328 g/mol. The van der Waals surface area contributed by atoms with E-state index in [1.807, 2.05) is 17.6 Å². The van der Waals surface area contributed by atoms with Gasteiger partial charge in [0.2, 0.25) is 0 Å². The summed E-state index contributed by atoms with van der Waals surface area (Å²) < 4.78 is 34.0. The second-order valence-corrected chi connectivity index (χ2v) is 5.51. The molecule has 2 N–H and O–H groups in total. The van der Waals surface area contributed by atoms with Crippen LogP contribution in [0.2, 0.25) is 5.02 Å². The van der Waals surface area contributed by atoms with Crippen molar-refractivity contribution in [2.45, 2.75) is 13.5 Å². The minimum Gasteiger partial charge on any atom is -0.399 e. The molecule has 0 bridgehead atoms. The van der Waals surface area contributed by atoms with Crippen LogP contribution < -0.4 is 5.73 Å². The lowest BCUT2D eigenvalue weighted by molar-refractivity contribution is 0.862. The molecule has 3 aromatic rings. The molecule has 1 aromatic heterocycles. The van der Waals surface area contributed by atoms with Crippen molar-refractivity contribution in [3.8, 4) is 5.69 Å². The number of nitrogens with two attached hydrogens (primary N) is 1. The summed E-state index contributed by atoms with van der Waals surface area (Å²) in [4.78, 5) is 4.57. The smallest absolute Gasteiger partial charge is 0.159 e. The molecule has 0 aliphatic carbocycles. The normalized spacial score (nSPS) is 15.5. The highest BCUT2D eigenvalue weighted by Gasteiger charge is 2.22. The van der Waals surface area contributed by atoms with E-state index in [4.69, 9.17) is 22.8 Å². The standard InChI is InChI=1S/C17H14ClN5/c1-10-21-22-16-9-20-17(12-4-2-3-5-14(12)18)13-8-11(19)6-7-15(13)23(10)16/h2-8H,9,19H2,1H3/i2D,3D,4D,5D. The molecule has 0 radical (unpaired) electrons. The third kappa shape index (κ3) is 2.21. The summed E-state index contributed by atoms with van der Waals surface area (Å²) in [6.07, 6.45) is 0. The zero-order chi connectivity index (χ0) is 19.5. The topological polar surface area (TPSA) is 69.1 Å². The quantitative estimate of drug-likeness (QED) is 0.698. The fraction of sp³-hybridized carbons (Fsp3) is 0.118. The van der Waals surface area contributed by atoms with Gasteiger partial charge >= 0.3 is 0 Å². The summed E-state index contributed by atoms with van der Waals surface area (Å²) >= 11 is 6.33. The van der Waals surface area contributed by atoms with Crippen LogP contribution in [0.5, 0.6) is 0 Å². The maximum Gasteiger partial charge on any atom is 0.159 e. The maximum atomic E-state index is 8.32. The number of hydrogen-bond donors (Lipinski definition) is 1. The van der Waals surface area contributed by atoms with Gasteiger partial charge in [-0.25, -0.2) is 0 Å². The van der Waals surface area contributed by atoms with Crippen molar-refractivity contribution in [1.82, 2.24) is 14.8 Å². The van der Waals surface area contributed by atoms with Crippen LogP contribution in [0.1, 0.15) is 28.3 Å². The van der Waals surface area contributed by atoms with Gasteiger partial charge in [0, 0.05) is 21.8 Å². The minimum absolute atomic E-state index is 0.0810. The van der Waals surface area contributed by atoms with Gasteiger partial charge in [0.05, 0.1) is 16.9 Å². The van der Waals surface area contributed by atoms with E-state index in [2.05, 4.69) is 15.2 Å². The molecule has 1 aliphatic rings. The van der Waals surface area contributed by atoms with Crippen molar-refractivity contribution in [1.29, 1.82) is 0 Å². The molecule has 5 nitrogen and oxygen atoms in total. The fourth-order valence-electron chi connectivity index (χ4n) is 2.67. The Kier molecular flexibility index (Phi) is 2.30. The van der Waals surface area contributed by atoms with E-state index in [0.29, 0.717) is 28.6 Å². The summed E-state index contributed by atoms with van der Waals surface area (Å²) in [6, 6.07) is 3.96. The number of nitrogens with zero attached hydrogens (tertiary/aromatic N) is 4. The van der Waals surface area contributed by atoms with E-state index in [1.54, 1.807) is 12.1 Å². The van der Waals surface area contributed by atoms with Gasteiger partial charge in [0.15, 0.2) is 5.82 Å². The number of halogens is 1. The summed E-state index contributed by atoms with van der Waals surface area (Å²) in [6.45, 7) is 2.01. The Morgan fingerprint density at radius 3 is 2.91 bits per heavy atom. The molecule has 2 aromatic carbocycles. The molecule has 0 saturated heterocycles. The van der Waals surface area contributed by atoms with E-state index in [9.17, 15) is 0 Å². The number of rotatable bonds is 1. The Morgan fingerprint density at radius 2 is 2.04 bits per heavy atom. The second-order valence-electron chi connectivity index (χ2n) is 5.13. The molecule has 0 unspecified atom stereocenters. The van der Waals surface area contributed by atoms with Gasteiger partial charge in [0.1, 0.15) is 12.4 Å². The van der Waals surface area contributed by atoms with Crippen LogP contribution in [0, 0.1) is 6.92 Å². The molecule has 1 aliphatic heterocycles. The molecule has 0 amide bonds. The Balaban J connectivity index is 2.08. The number of aliphatic imine (C=N–C) groups is 1. The van der Waals surface area contributed by atoms with Crippen LogP contribution in [-0.4, -0.2) is 20.5 Å². The van der Waals surface area contributed by atoms with Crippen LogP contribution in [0.3, 0.4) is 0 Å². The number of aromatic nitrogens is 3. The first-order valence-electron chi connectivity index (χ1n) is 8.93. The molecule has 0 fully saturated rings. The van der Waals surface area contributed by atoms with Crippen molar-refractivity contribution in [3.05, 3.63) is 70.2 Å². The molecular formula is C17H14ClN5. The van der Waals surface area contributed by atoms with Gasteiger partial charge in [-0.2, -0.15) is 0 Å². The number of nitrogen functional groups attached to an aromatic ring is 1. The van der Waals surface area contributed by atoms with E-state index < -0.39 is 0 Å². The van der Waals surface area contributed by atoms with E-state index in [1.165, 1.54) is 0 Å². The highest BCUT2D eigenvalue weighted by atomic mass is 35.5. The lowest BCUT2D eigenvalue weighted by Gasteiger charge is -2.14. The van der Waals surface area contributed by atoms with Gasteiger partial charge in [-0.3, -0.25) is 9.56 Å². The SMILES string of the molecule is [2H]c1c([2H])c([2H])c(C2=NCc3nnc(C)n3-c3ccc(N)cc32)c(Cl)c1[2H]. The molecule has 0 spiro atoms. The summed E-state index contributed by atoms with van der Waals surface area (Å²) in [7, 11) is 0. The lowest BCUT2D eigenvalue weighted by Crippen LogP contribution is -2.09. The minimum atomic E-state index is -0.385. The van der Waals surface area contributed by atoms with Gasteiger partial charge in [0.25, 0.3) is 0 Å². The predicted molar refractivity (Wildman–Crippen MR) is 91.3 cm³/mol. The van der Waals surface area contributed by atoms with Gasteiger partial charge in [-0.15, -0.1) is 10.2 Å². The maximum absolute atomic E-state index is 8.32. The molecule has 6 heteroatoms. The van der Waals surface area contributed by atoms with Crippen LogP contribution in [0.15, 0.2) is 47.4 Å². The average Bonchev–Trinajstić information content (AvgIpc) is 2.93. The molecule has 0 atom stereocenters. The Hall–Kier alpha value is -2.66. The van der Waals surface area contributed by atoms with Crippen molar-refractivity contribution in [3.63, 3.8) is 0 Å². The largest absolute Gasteiger partial charge is 0.399 e. The van der Waals surface area contributed by atoms with Crippen LogP contribution in [-0.2, 0) is 6.54 Å². The van der Waals surface area contributed by atoms with E-state index in [-0.39, 0.29) is 41.3 Å². The van der Waals surface area contributed by atoms with E-state index in [0.717, 1.165) is 5.69 Å². The fourth-order valence-corrected chi connectivity index (χ4v) is 2.85. The first kappa shape index (κ1) is 10.2. The number of fused-ring (bicyclic) bond motifs is 3. The van der Waals surface area contributed by atoms with Crippen LogP contribution >= 0.6 is 11.6 Å². The van der Waals surface area contributed by atoms with Crippen LogP contribution in [0.4, 0.5) is 5.69 Å². The molecule has 0 saturated carbocycles. The molecule has 2 heterocycles. The highest BCUT2D eigenvalue weighted by molar-refractivity contribution is 6.35. The summed E-state index contributed by atoms with van der Waals surface area (Å²) in [5, 5.41) is 8.17.